The molecule has 0 spiro atoms. The van der Waals surface area contributed by atoms with Crippen LogP contribution in [0.4, 0.5) is 0 Å². The molecule has 1 rings (SSSR count). The monoisotopic (exact) mass is 342 g/mol. The van der Waals surface area contributed by atoms with Gasteiger partial charge in [0.2, 0.25) is 0 Å². The van der Waals surface area contributed by atoms with Crippen molar-refractivity contribution in [1.29, 1.82) is 0 Å². The van der Waals surface area contributed by atoms with Crippen molar-refractivity contribution in [2.24, 2.45) is 0 Å². The summed E-state index contributed by atoms with van der Waals surface area (Å²) < 4.78 is 14.9. The number of hydrogen-bond acceptors (Lipinski definition) is 8. The molecule has 0 aromatic heterocycles. The zero-order valence-electron chi connectivity index (χ0n) is 13.9. The molecule has 8 heteroatoms. The maximum Gasteiger partial charge on any atom is 0.331 e. The second-order valence-corrected chi connectivity index (χ2v) is 5.62. The zero-order valence-corrected chi connectivity index (χ0v) is 13.9. The summed E-state index contributed by atoms with van der Waals surface area (Å²) in [5.74, 6) is -2.70. The van der Waals surface area contributed by atoms with Crippen LogP contribution in [0.2, 0.25) is 0 Å². The van der Waals surface area contributed by atoms with E-state index >= 15 is 0 Å². The molecule has 0 fully saturated rings. The van der Waals surface area contributed by atoms with E-state index in [1.165, 1.54) is 20.8 Å². The van der Waals surface area contributed by atoms with Crippen molar-refractivity contribution in [2.45, 2.75) is 64.4 Å². The predicted molar refractivity (Wildman–Crippen MR) is 80.7 cm³/mol. The molecule has 0 amide bonds. The number of carbonyl (C=O) groups is 4. The molecule has 0 aromatic carbocycles. The number of aliphatic hydroxyl groups is 1. The Balaban J connectivity index is 2.85. The highest BCUT2D eigenvalue weighted by Gasteiger charge is 2.23. The van der Waals surface area contributed by atoms with Crippen LogP contribution in [0.25, 0.3) is 0 Å². The molecule has 1 aliphatic rings. The topological polar surface area (TPSA) is 116 Å². The lowest BCUT2D eigenvalue weighted by atomic mass is 10.1. The van der Waals surface area contributed by atoms with E-state index in [0.717, 1.165) is 12.2 Å². The number of carbonyl (C=O) groups excluding carboxylic acids is 4. The molecule has 134 valence electrons. The Morgan fingerprint density at radius 2 is 1.62 bits per heavy atom. The third kappa shape index (κ3) is 6.91. The van der Waals surface area contributed by atoms with E-state index in [1.54, 1.807) is 0 Å². The van der Waals surface area contributed by atoms with Gasteiger partial charge in [0.15, 0.2) is 11.9 Å². The molecule has 1 N–H and O–H groups in total. The first-order chi connectivity index (χ1) is 11.2. The van der Waals surface area contributed by atoms with Gasteiger partial charge in [0, 0.05) is 12.5 Å². The Hall–Kier alpha value is -2.22. The van der Waals surface area contributed by atoms with Crippen molar-refractivity contribution in [2.75, 3.05) is 0 Å². The smallest absolute Gasteiger partial charge is 0.331 e. The number of ether oxygens (including phenoxy) is 3. The van der Waals surface area contributed by atoms with Crippen molar-refractivity contribution >= 4 is 23.7 Å². The zero-order chi connectivity index (χ0) is 18.3. The van der Waals surface area contributed by atoms with Gasteiger partial charge in [0.1, 0.15) is 12.2 Å². The fraction of sp³-hybridized carbons (Fsp3) is 0.625. The van der Waals surface area contributed by atoms with Gasteiger partial charge in [-0.1, -0.05) is 0 Å². The van der Waals surface area contributed by atoms with Crippen LogP contribution in [-0.2, 0) is 33.4 Å². The Labute approximate surface area is 139 Å². The van der Waals surface area contributed by atoms with Crippen molar-refractivity contribution in [1.82, 2.24) is 0 Å². The minimum atomic E-state index is -1.06. The number of ketones is 1. The van der Waals surface area contributed by atoms with Gasteiger partial charge in [0.05, 0.1) is 12.5 Å². The minimum Gasteiger partial charge on any atom is -0.460 e. The van der Waals surface area contributed by atoms with E-state index in [9.17, 15) is 24.3 Å². The summed E-state index contributed by atoms with van der Waals surface area (Å²) in [6.45, 7) is 4.37. The fourth-order valence-electron chi connectivity index (χ4n) is 1.95. The van der Waals surface area contributed by atoms with Crippen LogP contribution < -0.4 is 0 Å². The highest BCUT2D eigenvalue weighted by molar-refractivity contribution is 5.99. The first kappa shape index (κ1) is 19.8. The molecule has 1 aliphatic heterocycles. The third-order valence-electron chi connectivity index (χ3n) is 3.37. The highest BCUT2D eigenvalue weighted by atomic mass is 16.6. The molecule has 8 nitrogen and oxygen atoms in total. The molecular weight excluding hydrogens is 320 g/mol. The van der Waals surface area contributed by atoms with Crippen LogP contribution in [0.3, 0.4) is 0 Å². The lowest BCUT2D eigenvalue weighted by molar-refractivity contribution is -0.159. The Kier molecular flexibility index (Phi) is 7.57. The number of cyclic esters (lactones) is 3. The van der Waals surface area contributed by atoms with Crippen LogP contribution in [0.15, 0.2) is 12.2 Å². The number of aliphatic hydroxyl groups excluding tert-OH is 1. The maximum atomic E-state index is 11.8. The van der Waals surface area contributed by atoms with Gasteiger partial charge >= 0.3 is 17.9 Å². The molecule has 0 aromatic rings. The molecule has 0 aliphatic carbocycles. The Morgan fingerprint density at radius 3 is 2.29 bits per heavy atom. The minimum absolute atomic E-state index is 0.0224. The molecular formula is C16H22O8. The van der Waals surface area contributed by atoms with E-state index in [0.29, 0.717) is 0 Å². The van der Waals surface area contributed by atoms with E-state index in [2.05, 4.69) is 0 Å². The first-order valence-electron chi connectivity index (χ1n) is 7.68. The van der Waals surface area contributed by atoms with Gasteiger partial charge in [0.25, 0.3) is 0 Å². The van der Waals surface area contributed by atoms with Crippen LogP contribution in [0.5, 0.6) is 0 Å². The fourth-order valence-corrected chi connectivity index (χ4v) is 1.95. The van der Waals surface area contributed by atoms with Crippen LogP contribution in [-0.4, -0.2) is 53.2 Å². The van der Waals surface area contributed by atoms with Crippen LogP contribution in [0, 0.1) is 0 Å². The summed E-state index contributed by atoms with van der Waals surface area (Å²) >= 11 is 0. The summed E-state index contributed by atoms with van der Waals surface area (Å²) in [6, 6.07) is 0. The SMILES string of the molecule is CC1CC(=O)O[C@@H](C)[C@H](O)CCC(=O)O[C@@H](C)C(=O)/C=C/C(=O)O1. The lowest BCUT2D eigenvalue weighted by Crippen LogP contribution is -2.31. The average molecular weight is 342 g/mol. The predicted octanol–water partition coefficient (Wildman–Crippen LogP) is 0.452. The molecule has 1 heterocycles. The number of hydrogen-bond donors (Lipinski definition) is 1. The Morgan fingerprint density at radius 1 is 0.958 bits per heavy atom. The van der Waals surface area contributed by atoms with Gasteiger partial charge in [-0.25, -0.2) is 4.79 Å². The van der Waals surface area contributed by atoms with Gasteiger partial charge in [-0.15, -0.1) is 0 Å². The van der Waals surface area contributed by atoms with Gasteiger partial charge in [-0.05, 0) is 33.3 Å². The van der Waals surface area contributed by atoms with E-state index in [-0.39, 0.29) is 19.3 Å². The van der Waals surface area contributed by atoms with Crippen molar-refractivity contribution in [3.63, 3.8) is 0 Å². The normalized spacial score (nSPS) is 32.5. The van der Waals surface area contributed by atoms with E-state index in [1.807, 2.05) is 0 Å². The standard InChI is InChI=1S/C16H22O8/c1-9-8-16(21)24-11(3)13(18)5-7-15(20)23-10(2)12(17)4-6-14(19)22-9/h4,6,9-11,13,18H,5,7-8H2,1-3H3/b6-4+/t9?,10-,11-,13+/m0/s1. The van der Waals surface area contributed by atoms with Gasteiger partial charge < -0.3 is 19.3 Å². The molecule has 4 atom stereocenters. The second-order valence-electron chi connectivity index (χ2n) is 5.62. The van der Waals surface area contributed by atoms with E-state index < -0.39 is 48.1 Å². The maximum absolute atomic E-state index is 11.8. The van der Waals surface area contributed by atoms with Gasteiger partial charge in [-0.3, -0.25) is 14.4 Å². The van der Waals surface area contributed by atoms with E-state index in [4.69, 9.17) is 14.2 Å². The largest absolute Gasteiger partial charge is 0.460 e. The molecule has 0 saturated carbocycles. The highest BCUT2D eigenvalue weighted by Crippen LogP contribution is 2.11. The summed E-state index contributed by atoms with van der Waals surface area (Å²) in [6.07, 6.45) is -2.14. The van der Waals surface area contributed by atoms with Crippen molar-refractivity contribution in [3.05, 3.63) is 12.2 Å². The summed E-state index contributed by atoms with van der Waals surface area (Å²) in [7, 11) is 0. The van der Waals surface area contributed by atoms with Gasteiger partial charge in [-0.2, -0.15) is 0 Å². The van der Waals surface area contributed by atoms with Crippen molar-refractivity contribution < 1.29 is 38.5 Å². The first-order valence-corrected chi connectivity index (χ1v) is 7.68. The Bertz CT molecular complexity index is 524. The molecule has 1 unspecified atom stereocenters. The molecule has 0 radical (unpaired) electrons. The summed E-state index contributed by atoms with van der Waals surface area (Å²) in [5.41, 5.74) is 0. The second kappa shape index (κ2) is 9.17. The quantitative estimate of drug-likeness (QED) is 0.498. The molecule has 0 saturated heterocycles. The molecule has 24 heavy (non-hydrogen) atoms. The third-order valence-corrected chi connectivity index (χ3v) is 3.37. The van der Waals surface area contributed by atoms with Crippen molar-refractivity contribution in [3.8, 4) is 0 Å². The summed E-state index contributed by atoms with van der Waals surface area (Å²) in [4.78, 5) is 46.7. The number of rotatable bonds is 0. The summed E-state index contributed by atoms with van der Waals surface area (Å²) in [5, 5.41) is 9.90. The average Bonchev–Trinajstić information content (AvgIpc) is 2.48. The van der Waals surface area contributed by atoms with Crippen LogP contribution >= 0.6 is 0 Å². The van der Waals surface area contributed by atoms with Crippen LogP contribution in [0.1, 0.15) is 40.0 Å². The lowest BCUT2D eigenvalue weighted by Gasteiger charge is -2.20. The number of esters is 3. The molecule has 0 bridgehead atoms.